The Bertz CT molecular complexity index is 630. The second-order valence-corrected chi connectivity index (χ2v) is 6.10. The predicted octanol–water partition coefficient (Wildman–Crippen LogP) is 2.61. The third kappa shape index (κ3) is 2.98. The van der Waals surface area contributed by atoms with Crippen LogP contribution in [0.3, 0.4) is 0 Å². The quantitative estimate of drug-likeness (QED) is 0.862. The lowest BCUT2D eigenvalue weighted by atomic mass is 9.78. The Morgan fingerprint density at radius 1 is 1.30 bits per heavy atom. The van der Waals surface area contributed by atoms with Gasteiger partial charge in [-0.2, -0.15) is 0 Å². The first-order valence-corrected chi connectivity index (χ1v) is 7.82. The van der Waals surface area contributed by atoms with Crippen molar-refractivity contribution in [3.63, 3.8) is 0 Å². The molecule has 1 N–H and O–H groups in total. The van der Waals surface area contributed by atoms with E-state index in [1.165, 1.54) is 19.2 Å². The highest BCUT2D eigenvalue weighted by atomic mass is 16.6. The van der Waals surface area contributed by atoms with Crippen molar-refractivity contribution < 1.29 is 28.9 Å². The lowest BCUT2D eigenvalue weighted by Gasteiger charge is -2.41. The standard InChI is InChI=1S/C17H20O6/c1-21-14(20)10-22-16-12(18)6-5-11-13(19)9-17(23-15(11)16)7-3-2-4-8-17/h5-6,18H,2-4,7-10H2,1H3. The van der Waals surface area contributed by atoms with Crippen LogP contribution in [-0.4, -0.2) is 36.2 Å². The van der Waals surface area contributed by atoms with Crippen molar-refractivity contribution in [2.24, 2.45) is 0 Å². The van der Waals surface area contributed by atoms with E-state index in [0.29, 0.717) is 12.0 Å². The molecule has 0 aromatic heterocycles. The van der Waals surface area contributed by atoms with Crippen molar-refractivity contribution in [2.75, 3.05) is 13.7 Å². The molecule has 1 aromatic carbocycles. The summed E-state index contributed by atoms with van der Waals surface area (Å²) >= 11 is 0. The van der Waals surface area contributed by atoms with Gasteiger partial charge in [-0.1, -0.05) is 6.42 Å². The number of fused-ring (bicyclic) bond motifs is 1. The molecule has 23 heavy (non-hydrogen) atoms. The van der Waals surface area contributed by atoms with Gasteiger partial charge < -0.3 is 19.3 Å². The van der Waals surface area contributed by atoms with Gasteiger partial charge >= 0.3 is 5.97 Å². The van der Waals surface area contributed by atoms with E-state index in [-0.39, 0.29) is 29.6 Å². The number of Topliss-reactive ketones (excluding diaryl/α,β-unsaturated/α-hetero) is 1. The molecule has 1 fully saturated rings. The first kappa shape index (κ1) is 15.6. The molecule has 1 heterocycles. The number of rotatable bonds is 3. The molecule has 124 valence electrons. The number of hydrogen-bond donors (Lipinski definition) is 1. The molecule has 2 aliphatic rings. The van der Waals surface area contributed by atoms with Gasteiger partial charge in [-0.25, -0.2) is 4.79 Å². The van der Waals surface area contributed by atoms with Crippen LogP contribution in [0.15, 0.2) is 12.1 Å². The van der Waals surface area contributed by atoms with Crippen molar-refractivity contribution in [3.8, 4) is 17.2 Å². The monoisotopic (exact) mass is 320 g/mol. The number of phenols is 1. The lowest BCUT2D eigenvalue weighted by Crippen LogP contribution is -2.43. The number of phenolic OH excluding ortho intramolecular Hbond substituents is 1. The maximum atomic E-state index is 12.5. The topological polar surface area (TPSA) is 82.1 Å². The number of carbonyl (C=O) groups excluding carboxylic acids is 2. The van der Waals surface area contributed by atoms with Crippen molar-refractivity contribution in [2.45, 2.75) is 44.1 Å². The second-order valence-electron chi connectivity index (χ2n) is 6.10. The molecule has 1 aliphatic carbocycles. The fourth-order valence-corrected chi connectivity index (χ4v) is 3.32. The molecular weight excluding hydrogens is 300 g/mol. The van der Waals surface area contributed by atoms with E-state index in [0.717, 1.165) is 32.1 Å². The molecule has 0 atom stereocenters. The number of ketones is 1. The smallest absolute Gasteiger partial charge is 0.343 e. The van der Waals surface area contributed by atoms with Gasteiger partial charge in [0.05, 0.1) is 19.1 Å². The van der Waals surface area contributed by atoms with Gasteiger partial charge in [-0.3, -0.25) is 4.79 Å². The van der Waals surface area contributed by atoms with Gasteiger partial charge in [0.2, 0.25) is 5.75 Å². The summed E-state index contributed by atoms with van der Waals surface area (Å²) in [6.07, 6.45) is 5.13. The molecule has 0 amide bonds. The summed E-state index contributed by atoms with van der Waals surface area (Å²) in [4.78, 5) is 23.8. The maximum absolute atomic E-state index is 12.5. The summed E-state index contributed by atoms with van der Waals surface area (Å²) < 4.78 is 16.1. The zero-order valence-electron chi connectivity index (χ0n) is 13.1. The van der Waals surface area contributed by atoms with E-state index in [1.807, 2.05) is 0 Å². The second kappa shape index (κ2) is 6.10. The van der Waals surface area contributed by atoms with Crippen LogP contribution < -0.4 is 9.47 Å². The minimum Gasteiger partial charge on any atom is -0.504 e. The summed E-state index contributed by atoms with van der Waals surface area (Å²) in [5.74, 6) is -0.473. The van der Waals surface area contributed by atoms with Crippen LogP contribution in [0.25, 0.3) is 0 Å². The van der Waals surface area contributed by atoms with E-state index in [4.69, 9.17) is 9.47 Å². The molecule has 0 saturated heterocycles. The van der Waals surface area contributed by atoms with Crippen LogP contribution in [0, 0.1) is 0 Å². The molecule has 3 rings (SSSR count). The van der Waals surface area contributed by atoms with E-state index < -0.39 is 11.6 Å². The molecule has 1 spiro atoms. The average molecular weight is 320 g/mol. The van der Waals surface area contributed by atoms with Crippen LogP contribution in [0.2, 0.25) is 0 Å². The largest absolute Gasteiger partial charge is 0.504 e. The van der Waals surface area contributed by atoms with E-state index in [1.54, 1.807) is 0 Å². The Kier molecular flexibility index (Phi) is 4.15. The number of benzene rings is 1. The summed E-state index contributed by atoms with van der Waals surface area (Å²) in [6, 6.07) is 2.92. The summed E-state index contributed by atoms with van der Waals surface area (Å²) in [6.45, 7) is -0.356. The Labute approximate surface area is 134 Å². The third-order valence-corrected chi connectivity index (χ3v) is 4.52. The highest BCUT2D eigenvalue weighted by Gasteiger charge is 2.43. The van der Waals surface area contributed by atoms with Crippen molar-refractivity contribution >= 4 is 11.8 Å². The first-order valence-electron chi connectivity index (χ1n) is 7.82. The average Bonchev–Trinajstić information content (AvgIpc) is 2.54. The van der Waals surface area contributed by atoms with Crippen LogP contribution in [0.5, 0.6) is 17.2 Å². The normalized spacial score (nSPS) is 18.9. The maximum Gasteiger partial charge on any atom is 0.343 e. The zero-order valence-corrected chi connectivity index (χ0v) is 13.1. The fourth-order valence-electron chi connectivity index (χ4n) is 3.32. The minimum atomic E-state index is -0.573. The number of ether oxygens (including phenoxy) is 3. The van der Waals surface area contributed by atoms with Gasteiger partial charge in [-0.15, -0.1) is 0 Å². The lowest BCUT2D eigenvalue weighted by molar-refractivity contribution is -0.143. The molecule has 1 saturated carbocycles. The highest BCUT2D eigenvalue weighted by Crippen LogP contribution is 2.48. The summed E-state index contributed by atoms with van der Waals surface area (Å²) in [5.41, 5.74) is -0.127. The van der Waals surface area contributed by atoms with Crippen molar-refractivity contribution in [3.05, 3.63) is 17.7 Å². The van der Waals surface area contributed by atoms with Gasteiger partial charge in [0, 0.05) is 0 Å². The molecule has 1 aliphatic heterocycles. The number of carbonyl (C=O) groups is 2. The van der Waals surface area contributed by atoms with Gasteiger partial charge in [0.1, 0.15) is 5.60 Å². The Balaban J connectivity index is 1.94. The molecule has 6 heteroatoms. The molecular formula is C17H20O6. The van der Waals surface area contributed by atoms with E-state index in [2.05, 4.69) is 4.74 Å². The number of esters is 1. The fraction of sp³-hybridized carbons (Fsp3) is 0.529. The third-order valence-electron chi connectivity index (χ3n) is 4.52. The SMILES string of the molecule is COC(=O)COc1c(O)ccc2c1OC1(CCCCC1)CC2=O. The Hall–Kier alpha value is -2.24. The van der Waals surface area contributed by atoms with E-state index >= 15 is 0 Å². The van der Waals surface area contributed by atoms with Gasteiger partial charge in [0.15, 0.2) is 23.9 Å². The van der Waals surface area contributed by atoms with Crippen LogP contribution in [-0.2, 0) is 9.53 Å². The molecule has 6 nitrogen and oxygen atoms in total. The van der Waals surface area contributed by atoms with Gasteiger partial charge in [-0.05, 0) is 37.8 Å². The molecule has 1 aromatic rings. The molecule has 0 radical (unpaired) electrons. The molecule has 0 unspecified atom stereocenters. The summed E-state index contributed by atoms with van der Waals surface area (Å²) in [7, 11) is 1.25. The van der Waals surface area contributed by atoms with Crippen LogP contribution in [0.1, 0.15) is 48.9 Å². The van der Waals surface area contributed by atoms with E-state index in [9.17, 15) is 14.7 Å². The number of methoxy groups -OCH3 is 1. The van der Waals surface area contributed by atoms with Crippen molar-refractivity contribution in [1.29, 1.82) is 0 Å². The first-order chi connectivity index (χ1) is 11.0. The Morgan fingerprint density at radius 2 is 2.04 bits per heavy atom. The molecule has 0 bridgehead atoms. The summed E-state index contributed by atoms with van der Waals surface area (Å²) in [5, 5.41) is 10.1. The van der Waals surface area contributed by atoms with Crippen LogP contribution >= 0.6 is 0 Å². The van der Waals surface area contributed by atoms with Crippen molar-refractivity contribution in [1.82, 2.24) is 0 Å². The Morgan fingerprint density at radius 3 is 2.74 bits per heavy atom. The number of aromatic hydroxyl groups is 1. The highest BCUT2D eigenvalue weighted by molar-refractivity contribution is 6.01. The predicted molar refractivity (Wildman–Crippen MR) is 81.0 cm³/mol. The van der Waals surface area contributed by atoms with Crippen LogP contribution in [0.4, 0.5) is 0 Å². The van der Waals surface area contributed by atoms with Gasteiger partial charge in [0.25, 0.3) is 0 Å². The minimum absolute atomic E-state index is 0.0175. The number of hydrogen-bond acceptors (Lipinski definition) is 6. The zero-order chi connectivity index (χ0) is 16.4.